The van der Waals surface area contributed by atoms with Crippen LogP contribution in [-0.2, 0) is 0 Å². The summed E-state index contributed by atoms with van der Waals surface area (Å²) >= 11 is 0. The van der Waals surface area contributed by atoms with Crippen molar-refractivity contribution < 1.29 is 0 Å². The van der Waals surface area contributed by atoms with Crippen molar-refractivity contribution in [3.05, 3.63) is 224 Å². The molecule has 0 atom stereocenters. The van der Waals surface area contributed by atoms with Crippen molar-refractivity contribution in [2.24, 2.45) is 0 Å². The van der Waals surface area contributed by atoms with Gasteiger partial charge in [0.2, 0.25) is 0 Å². The molecule has 0 heterocycles. The maximum Gasteiger partial charge on any atom is 0.195 e. The largest absolute Gasteiger partial charge is 0.237 e. The van der Waals surface area contributed by atoms with Gasteiger partial charge in [0, 0.05) is 0 Å². The van der Waals surface area contributed by atoms with Crippen molar-refractivity contribution in [2.75, 3.05) is 0 Å². The number of nitrogens with zero attached hydrogens (tertiary/aromatic N) is 1. The Morgan fingerprint density at radius 3 is 1.10 bits per heavy atom. The molecule has 60 heavy (non-hydrogen) atoms. The summed E-state index contributed by atoms with van der Waals surface area (Å²) in [5.74, 6) is 0. The van der Waals surface area contributed by atoms with E-state index in [1.807, 2.05) is 0 Å². The minimum Gasteiger partial charge on any atom is -0.237 e. The van der Waals surface area contributed by atoms with Crippen LogP contribution >= 0.6 is 0 Å². The highest BCUT2D eigenvalue weighted by atomic mass is 14.6. The third-order valence-corrected chi connectivity index (χ3v) is 12.6. The number of rotatable bonds is 5. The van der Waals surface area contributed by atoms with Gasteiger partial charge >= 0.3 is 0 Å². The Morgan fingerprint density at radius 1 is 0.250 bits per heavy atom. The van der Waals surface area contributed by atoms with Crippen LogP contribution in [0.1, 0.15) is 0 Å². The predicted molar refractivity (Wildman–Crippen MR) is 254 cm³/mol. The van der Waals surface area contributed by atoms with Crippen LogP contribution in [0.5, 0.6) is 0 Å². The molecule has 1 heteroatoms. The van der Waals surface area contributed by atoms with Crippen LogP contribution in [0.25, 0.3) is 126 Å². The zero-order valence-electron chi connectivity index (χ0n) is 32.7. The maximum absolute atomic E-state index is 8.63. The third-order valence-electron chi connectivity index (χ3n) is 12.6. The fraction of sp³-hybridized carbons (Fsp3) is 0. The van der Waals surface area contributed by atoms with Gasteiger partial charge in [0.25, 0.3) is 0 Å². The number of hydrogen-bond acceptors (Lipinski definition) is 0. The third kappa shape index (κ3) is 4.98. The van der Waals surface area contributed by atoms with E-state index in [1.54, 1.807) is 0 Å². The molecule has 1 nitrogen and oxygen atoms in total. The van der Waals surface area contributed by atoms with E-state index in [4.69, 9.17) is 6.57 Å². The second kappa shape index (κ2) is 13.5. The fourth-order valence-corrected chi connectivity index (χ4v) is 10.2. The molecule has 0 unspecified atom stereocenters. The topological polar surface area (TPSA) is 4.36 Å². The lowest BCUT2D eigenvalue weighted by molar-refractivity contribution is 1.62. The first-order valence-electron chi connectivity index (χ1n) is 20.6. The summed E-state index contributed by atoms with van der Waals surface area (Å²) in [6.07, 6.45) is 0. The first kappa shape index (κ1) is 34.0. The summed E-state index contributed by atoms with van der Waals surface area (Å²) < 4.78 is 0. The summed E-state index contributed by atoms with van der Waals surface area (Å²) in [5.41, 5.74) is 17.2. The van der Waals surface area contributed by atoms with Gasteiger partial charge in [-0.1, -0.05) is 206 Å². The highest BCUT2D eigenvalue weighted by molar-refractivity contribution is 6.29. The summed E-state index contributed by atoms with van der Waals surface area (Å²) in [6, 6.07) is 76.6. The molecule has 1 aliphatic rings. The van der Waals surface area contributed by atoms with E-state index in [1.165, 1.54) is 93.3 Å². The Hall–Kier alpha value is -8.05. The molecular weight excluding hydrogens is 723 g/mol. The van der Waals surface area contributed by atoms with Crippen LogP contribution in [-0.4, -0.2) is 0 Å². The van der Waals surface area contributed by atoms with Crippen LogP contribution in [0, 0.1) is 6.57 Å². The lowest BCUT2D eigenvalue weighted by Gasteiger charge is -2.20. The van der Waals surface area contributed by atoms with Crippen molar-refractivity contribution in [3.63, 3.8) is 0 Å². The van der Waals surface area contributed by atoms with Gasteiger partial charge in [-0.15, -0.1) is 0 Å². The Balaban J connectivity index is 1.10. The average molecular weight is 758 g/mol. The summed E-state index contributed by atoms with van der Waals surface area (Å²) in [6.45, 7) is 8.63. The van der Waals surface area contributed by atoms with E-state index in [2.05, 4.69) is 217 Å². The minimum atomic E-state index is 0.643. The molecule has 0 radical (unpaired) electrons. The Labute approximate surface area is 348 Å². The van der Waals surface area contributed by atoms with Crippen LogP contribution in [0.2, 0.25) is 0 Å². The molecule has 11 aromatic rings. The molecule has 1 aliphatic carbocycles. The van der Waals surface area contributed by atoms with Gasteiger partial charge in [-0.05, 0) is 127 Å². The van der Waals surface area contributed by atoms with Crippen LogP contribution in [0.3, 0.4) is 0 Å². The zero-order valence-corrected chi connectivity index (χ0v) is 32.7. The zero-order chi connectivity index (χ0) is 39.7. The molecule has 0 saturated heterocycles. The van der Waals surface area contributed by atoms with Crippen LogP contribution < -0.4 is 0 Å². The molecular formula is C59H35N. The van der Waals surface area contributed by atoms with E-state index in [0.717, 1.165) is 27.6 Å². The highest BCUT2D eigenvalue weighted by Crippen LogP contribution is 2.59. The first-order chi connectivity index (χ1) is 29.8. The Kier molecular flexibility index (Phi) is 7.67. The molecule has 0 N–H and O–H groups in total. The normalized spacial score (nSPS) is 11.7. The van der Waals surface area contributed by atoms with E-state index in [-0.39, 0.29) is 0 Å². The molecule has 0 saturated carbocycles. The average Bonchev–Trinajstić information content (AvgIpc) is 3.65. The summed E-state index contributed by atoms with van der Waals surface area (Å²) in [4.78, 5) is 4.26. The molecule has 0 fully saturated rings. The van der Waals surface area contributed by atoms with E-state index in [9.17, 15) is 0 Å². The van der Waals surface area contributed by atoms with Crippen molar-refractivity contribution >= 4 is 48.8 Å². The van der Waals surface area contributed by atoms with Gasteiger partial charge in [-0.3, -0.25) is 0 Å². The smallest absolute Gasteiger partial charge is 0.195 e. The second-order valence-electron chi connectivity index (χ2n) is 15.7. The predicted octanol–water partition coefficient (Wildman–Crippen LogP) is 16.8. The van der Waals surface area contributed by atoms with Crippen molar-refractivity contribution in [1.82, 2.24) is 0 Å². The van der Waals surface area contributed by atoms with Gasteiger partial charge < -0.3 is 0 Å². The second-order valence-corrected chi connectivity index (χ2v) is 15.7. The SMILES string of the molecule is [C-]#[N+]c1cc(-c2c3ccccc3c(-c3ccccc3)c3ccccc23)ccc1-c1ccc2c3c(cccc13)-c1c-2c(-c2ccccc2)c2ccccc2c1-c1ccccc1. The molecule has 0 spiro atoms. The molecule has 276 valence electrons. The van der Waals surface area contributed by atoms with E-state index < -0.39 is 0 Å². The van der Waals surface area contributed by atoms with Crippen LogP contribution in [0.4, 0.5) is 5.69 Å². The van der Waals surface area contributed by atoms with E-state index >= 15 is 0 Å². The Morgan fingerprint density at radius 2 is 0.617 bits per heavy atom. The number of fused-ring (bicyclic) bond motifs is 6. The van der Waals surface area contributed by atoms with Gasteiger partial charge in [-0.2, -0.15) is 0 Å². The van der Waals surface area contributed by atoms with Gasteiger partial charge in [0.05, 0.1) is 6.57 Å². The quantitative estimate of drug-likeness (QED) is 0.122. The number of hydrogen-bond donors (Lipinski definition) is 0. The Bertz CT molecular complexity index is 3430. The van der Waals surface area contributed by atoms with Crippen LogP contribution in [0.15, 0.2) is 212 Å². The first-order valence-corrected chi connectivity index (χ1v) is 20.6. The van der Waals surface area contributed by atoms with Gasteiger partial charge in [0.15, 0.2) is 5.69 Å². The monoisotopic (exact) mass is 757 g/mol. The minimum absolute atomic E-state index is 0.643. The standard InChI is InChI=1S/C59H35N/c1-60-52-36-40(54-46-26-13-11-24-44(46)53(37-18-5-2-6-19-37)45-25-12-14-27-47(45)54)32-33-42(52)41-34-35-51-57-43(41)30-17-31-50(57)58-55(38-20-7-3-8-21-38)48-28-15-16-29-49(48)56(59(51)58)39-22-9-4-10-23-39/h2-36H. The van der Waals surface area contributed by atoms with E-state index in [0.29, 0.717) is 5.69 Å². The van der Waals surface area contributed by atoms with Crippen molar-refractivity contribution in [3.8, 4) is 77.9 Å². The lowest BCUT2D eigenvalue weighted by atomic mass is 9.82. The molecule has 0 bridgehead atoms. The summed E-state index contributed by atoms with van der Waals surface area (Å²) in [5, 5.41) is 9.65. The van der Waals surface area contributed by atoms with Gasteiger partial charge in [0.1, 0.15) is 0 Å². The molecule has 12 rings (SSSR count). The highest BCUT2D eigenvalue weighted by Gasteiger charge is 2.31. The number of benzene rings is 11. The van der Waals surface area contributed by atoms with Gasteiger partial charge in [-0.25, -0.2) is 4.85 Å². The fourth-order valence-electron chi connectivity index (χ4n) is 10.2. The molecule has 0 aromatic heterocycles. The lowest BCUT2D eigenvalue weighted by Crippen LogP contribution is -1.93. The summed E-state index contributed by atoms with van der Waals surface area (Å²) in [7, 11) is 0. The molecule has 0 amide bonds. The maximum atomic E-state index is 8.63. The molecule has 11 aromatic carbocycles. The van der Waals surface area contributed by atoms with Crippen molar-refractivity contribution in [2.45, 2.75) is 0 Å². The van der Waals surface area contributed by atoms with Crippen molar-refractivity contribution in [1.29, 1.82) is 0 Å². The molecule has 0 aliphatic heterocycles.